The first-order chi connectivity index (χ1) is 13.6. The predicted molar refractivity (Wildman–Crippen MR) is 109 cm³/mol. The zero-order valence-corrected chi connectivity index (χ0v) is 16.0. The molecule has 2 aliphatic heterocycles. The summed E-state index contributed by atoms with van der Waals surface area (Å²) in [4.78, 5) is 33.9. The molecular formula is C22H18ClN3O2. The van der Waals surface area contributed by atoms with Gasteiger partial charge in [0.25, 0.3) is 5.91 Å². The number of nitrogens with zero attached hydrogens (tertiary/aromatic N) is 2. The van der Waals surface area contributed by atoms with Gasteiger partial charge in [-0.15, -0.1) is 11.6 Å². The van der Waals surface area contributed by atoms with Gasteiger partial charge in [0.2, 0.25) is 5.91 Å². The van der Waals surface area contributed by atoms with Crippen molar-refractivity contribution < 1.29 is 9.59 Å². The highest BCUT2D eigenvalue weighted by atomic mass is 35.5. The number of hydrogen-bond donors (Lipinski definition) is 1. The summed E-state index contributed by atoms with van der Waals surface area (Å²) in [7, 11) is 0. The average molecular weight is 392 g/mol. The normalized spacial score (nSPS) is 20.5. The molecule has 0 radical (unpaired) electrons. The zero-order valence-electron chi connectivity index (χ0n) is 15.3. The molecular weight excluding hydrogens is 374 g/mol. The number of H-pyrrole nitrogens is 1. The molecule has 2 amide bonds. The number of alkyl halides is 1. The van der Waals surface area contributed by atoms with E-state index >= 15 is 0 Å². The highest BCUT2D eigenvalue weighted by Gasteiger charge is 2.38. The fourth-order valence-corrected chi connectivity index (χ4v) is 4.64. The van der Waals surface area contributed by atoms with Crippen LogP contribution in [0.5, 0.6) is 0 Å². The number of benzene rings is 2. The molecule has 2 atom stereocenters. The predicted octanol–water partition coefficient (Wildman–Crippen LogP) is 3.84. The van der Waals surface area contributed by atoms with E-state index in [4.69, 9.17) is 11.6 Å². The number of carbonyl (C=O) groups is 2. The maximum Gasteiger partial charge on any atom is 0.277 e. The molecule has 0 saturated heterocycles. The molecule has 0 saturated carbocycles. The van der Waals surface area contributed by atoms with Gasteiger partial charge in [0.15, 0.2) is 0 Å². The standard InChI is InChI=1S/C22H18ClN3O2/c1-12-8-17-16-4-2-3-5-18(16)25-20(17)21(26(12)19(27)10-23)13-6-7-15-14(9-13)11-24-22(15)28/h2-7,9,11-12,21,25H,8,10H2,1H3/t12-,21-/m0/s1. The largest absolute Gasteiger partial charge is 0.356 e. The SMILES string of the molecule is C[C@H]1Cc2c([nH]c3ccccc23)[C@H](c2ccc3c(c2)C=NC3=O)N1C(=O)CCl. The summed E-state index contributed by atoms with van der Waals surface area (Å²) in [5.74, 6) is -0.395. The number of para-hydroxylation sites is 1. The molecule has 0 fully saturated rings. The Balaban J connectivity index is 1.73. The van der Waals surface area contributed by atoms with Crippen molar-refractivity contribution in [3.8, 4) is 0 Å². The summed E-state index contributed by atoms with van der Waals surface area (Å²) in [6.45, 7) is 2.06. The first-order valence-electron chi connectivity index (χ1n) is 9.27. The summed E-state index contributed by atoms with van der Waals surface area (Å²) >= 11 is 5.95. The van der Waals surface area contributed by atoms with Gasteiger partial charge >= 0.3 is 0 Å². The van der Waals surface area contributed by atoms with Crippen molar-refractivity contribution >= 4 is 40.5 Å². The number of aromatic amines is 1. The Morgan fingerprint density at radius 2 is 2.11 bits per heavy atom. The third-order valence-electron chi connectivity index (χ3n) is 5.72. The second kappa shape index (κ2) is 6.31. The Labute approximate surface area is 167 Å². The van der Waals surface area contributed by atoms with Gasteiger partial charge in [0.1, 0.15) is 5.88 Å². The number of aromatic nitrogens is 1. The van der Waals surface area contributed by atoms with Gasteiger partial charge in [-0.1, -0.05) is 24.3 Å². The van der Waals surface area contributed by atoms with Crippen molar-refractivity contribution in [1.29, 1.82) is 0 Å². The van der Waals surface area contributed by atoms with Crippen LogP contribution in [0.2, 0.25) is 0 Å². The second-order valence-electron chi connectivity index (χ2n) is 7.36. The van der Waals surface area contributed by atoms with Crippen molar-refractivity contribution in [1.82, 2.24) is 9.88 Å². The van der Waals surface area contributed by atoms with Gasteiger partial charge in [0.05, 0.1) is 11.6 Å². The van der Waals surface area contributed by atoms with Crippen LogP contribution >= 0.6 is 11.6 Å². The Kier molecular flexibility index (Phi) is 3.88. The molecule has 1 N–H and O–H groups in total. The number of amides is 2. The lowest BCUT2D eigenvalue weighted by Gasteiger charge is -2.41. The van der Waals surface area contributed by atoms with Gasteiger partial charge in [-0.05, 0) is 42.7 Å². The minimum absolute atomic E-state index is 0.00603. The number of hydrogen-bond acceptors (Lipinski definition) is 2. The maximum absolute atomic E-state index is 12.8. The van der Waals surface area contributed by atoms with E-state index < -0.39 is 0 Å². The molecule has 2 aliphatic rings. The number of fused-ring (bicyclic) bond motifs is 4. The Bertz CT molecular complexity index is 1160. The van der Waals surface area contributed by atoms with Crippen LogP contribution < -0.4 is 0 Å². The third-order valence-corrected chi connectivity index (χ3v) is 5.95. The minimum atomic E-state index is -0.285. The first-order valence-corrected chi connectivity index (χ1v) is 9.81. The topological polar surface area (TPSA) is 65.5 Å². The van der Waals surface area contributed by atoms with Crippen LogP contribution in [0.3, 0.4) is 0 Å². The van der Waals surface area contributed by atoms with E-state index in [1.807, 2.05) is 29.2 Å². The zero-order chi connectivity index (χ0) is 19.4. The highest BCUT2D eigenvalue weighted by Crippen LogP contribution is 2.41. The Morgan fingerprint density at radius 3 is 2.93 bits per heavy atom. The quantitative estimate of drug-likeness (QED) is 0.674. The van der Waals surface area contributed by atoms with Crippen molar-refractivity contribution in [2.24, 2.45) is 4.99 Å². The lowest BCUT2D eigenvalue weighted by molar-refractivity contribution is -0.133. The third kappa shape index (κ3) is 2.43. The molecule has 3 aromatic rings. The van der Waals surface area contributed by atoms with Crippen LogP contribution in [-0.4, -0.2) is 39.8 Å². The van der Waals surface area contributed by atoms with E-state index in [0.717, 1.165) is 28.8 Å². The molecule has 0 spiro atoms. The van der Waals surface area contributed by atoms with Gasteiger partial charge in [0, 0.05) is 34.4 Å². The van der Waals surface area contributed by atoms with Crippen molar-refractivity contribution in [3.05, 3.63) is 70.4 Å². The highest BCUT2D eigenvalue weighted by molar-refractivity contribution is 6.27. The number of nitrogens with one attached hydrogen (secondary N) is 1. The smallest absolute Gasteiger partial charge is 0.277 e. The van der Waals surface area contributed by atoms with Gasteiger partial charge < -0.3 is 9.88 Å². The number of halogens is 1. The van der Waals surface area contributed by atoms with Gasteiger partial charge in [-0.3, -0.25) is 9.59 Å². The molecule has 1 aromatic heterocycles. The minimum Gasteiger partial charge on any atom is -0.356 e. The molecule has 2 aromatic carbocycles. The fourth-order valence-electron chi connectivity index (χ4n) is 4.50. The maximum atomic E-state index is 12.8. The van der Waals surface area contributed by atoms with Crippen LogP contribution in [0, 0.1) is 0 Å². The van der Waals surface area contributed by atoms with E-state index in [2.05, 4.69) is 29.0 Å². The molecule has 140 valence electrons. The monoisotopic (exact) mass is 391 g/mol. The van der Waals surface area contributed by atoms with Crippen molar-refractivity contribution in [3.63, 3.8) is 0 Å². The molecule has 0 unspecified atom stereocenters. The lowest BCUT2D eigenvalue weighted by Crippen LogP contribution is -2.47. The van der Waals surface area contributed by atoms with Crippen LogP contribution in [0.4, 0.5) is 0 Å². The second-order valence-corrected chi connectivity index (χ2v) is 7.63. The molecule has 28 heavy (non-hydrogen) atoms. The number of rotatable bonds is 2. The van der Waals surface area contributed by atoms with E-state index in [9.17, 15) is 9.59 Å². The lowest BCUT2D eigenvalue weighted by atomic mass is 9.87. The Hall–Kier alpha value is -2.92. The van der Waals surface area contributed by atoms with Crippen LogP contribution in [0.1, 0.15) is 45.7 Å². The molecule has 5 nitrogen and oxygen atoms in total. The van der Waals surface area contributed by atoms with Crippen molar-refractivity contribution in [2.45, 2.75) is 25.4 Å². The summed E-state index contributed by atoms with van der Waals surface area (Å²) in [5.41, 5.74) is 5.63. The van der Waals surface area contributed by atoms with Crippen LogP contribution in [0.25, 0.3) is 10.9 Å². The molecule has 5 rings (SSSR count). The van der Waals surface area contributed by atoms with E-state index in [1.165, 1.54) is 10.9 Å². The average Bonchev–Trinajstić information content (AvgIpc) is 3.26. The van der Waals surface area contributed by atoms with Crippen LogP contribution in [0.15, 0.2) is 47.5 Å². The molecule has 3 heterocycles. The van der Waals surface area contributed by atoms with Gasteiger partial charge in [-0.25, -0.2) is 4.99 Å². The summed E-state index contributed by atoms with van der Waals surface area (Å²) in [6.07, 6.45) is 2.36. The van der Waals surface area contributed by atoms with Crippen LogP contribution in [-0.2, 0) is 11.2 Å². The Morgan fingerprint density at radius 1 is 1.29 bits per heavy atom. The number of carbonyl (C=O) groups excluding carboxylic acids is 2. The van der Waals surface area contributed by atoms with Crippen molar-refractivity contribution in [2.75, 3.05) is 5.88 Å². The molecule has 6 heteroatoms. The number of aliphatic imine (C=N–C) groups is 1. The summed E-state index contributed by atoms with van der Waals surface area (Å²) < 4.78 is 0. The fraction of sp³-hybridized carbons (Fsp3) is 0.227. The summed E-state index contributed by atoms with van der Waals surface area (Å²) in [6, 6.07) is 13.6. The van der Waals surface area contributed by atoms with Gasteiger partial charge in [-0.2, -0.15) is 0 Å². The van der Waals surface area contributed by atoms with E-state index in [0.29, 0.717) is 5.56 Å². The summed E-state index contributed by atoms with van der Waals surface area (Å²) in [5, 5.41) is 1.19. The molecule has 0 bridgehead atoms. The molecule has 0 aliphatic carbocycles. The van der Waals surface area contributed by atoms with E-state index in [-0.39, 0.29) is 29.8 Å². The van der Waals surface area contributed by atoms with E-state index in [1.54, 1.807) is 12.3 Å². The first kappa shape index (κ1) is 17.2.